The molecule has 126 valence electrons. The molecule has 1 amide bonds. The molecule has 2 aromatic rings. The van der Waals surface area contributed by atoms with E-state index >= 15 is 0 Å². The van der Waals surface area contributed by atoms with E-state index in [9.17, 15) is 9.59 Å². The Balaban J connectivity index is 1.88. The van der Waals surface area contributed by atoms with Gasteiger partial charge in [-0.1, -0.05) is 37.3 Å². The summed E-state index contributed by atoms with van der Waals surface area (Å²) in [5.74, 6) is 0.243. The molecule has 24 heavy (non-hydrogen) atoms. The summed E-state index contributed by atoms with van der Waals surface area (Å²) in [5, 5.41) is 4.12. The number of rotatable bonds is 4. The molecule has 0 unspecified atom stereocenters. The average molecular weight is 325 g/mol. The van der Waals surface area contributed by atoms with Crippen molar-refractivity contribution in [1.82, 2.24) is 14.7 Å². The first-order valence-electron chi connectivity index (χ1n) is 8.52. The van der Waals surface area contributed by atoms with Crippen molar-refractivity contribution in [3.8, 4) is 0 Å². The molecule has 0 spiro atoms. The molecule has 1 aromatic heterocycles. The number of carbonyl (C=O) groups excluding carboxylic acids is 1. The molecular formula is C19H23N3O2. The third kappa shape index (κ3) is 3.11. The normalized spacial score (nSPS) is 18.6. The van der Waals surface area contributed by atoms with Gasteiger partial charge in [0.1, 0.15) is 5.69 Å². The smallest absolute Gasteiger partial charge is 0.274 e. The summed E-state index contributed by atoms with van der Waals surface area (Å²) in [6, 6.07) is 13.5. The van der Waals surface area contributed by atoms with Gasteiger partial charge in [-0.25, -0.2) is 4.68 Å². The lowest BCUT2D eigenvalue weighted by molar-refractivity contribution is 0.0706. The van der Waals surface area contributed by atoms with Gasteiger partial charge in [-0.15, -0.1) is 0 Å². The van der Waals surface area contributed by atoms with E-state index in [1.165, 1.54) is 22.4 Å². The number of nitrogens with zero attached hydrogens (tertiary/aromatic N) is 3. The molecule has 0 N–H and O–H groups in total. The van der Waals surface area contributed by atoms with Crippen LogP contribution in [0.2, 0.25) is 0 Å². The highest BCUT2D eigenvalue weighted by Crippen LogP contribution is 2.34. The largest absolute Gasteiger partial charge is 0.334 e. The van der Waals surface area contributed by atoms with Gasteiger partial charge in [0.05, 0.1) is 0 Å². The Morgan fingerprint density at radius 1 is 1.25 bits per heavy atom. The number of benzene rings is 1. The maximum Gasteiger partial charge on any atom is 0.274 e. The molecule has 0 aliphatic carbocycles. The number of likely N-dealkylation sites (tertiary alicyclic amines) is 1. The fourth-order valence-corrected chi connectivity index (χ4v) is 3.66. The standard InChI is InChI=1S/C19H23N3O2/c1-3-15(14-8-5-4-6-9-14)17-10-7-13-22(17)19(24)16-11-12-18(23)21(2)20-16/h4-6,8-9,11-12,15,17H,3,7,10,13H2,1-2H3/t15-,17-/m0/s1. The van der Waals surface area contributed by atoms with Crippen LogP contribution in [0.1, 0.15) is 48.2 Å². The molecule has 0 bridgehead atoms. The molecule has 0 saturated carbocycles. The van der Waals surface area contributed by atoms with Gasteiger partial charge in [-0.05, 0) is 30.9 Å². The molecule has 5 nitrogen and oxygen atoms in total. The number of hydrogen-bond donors (Lipinski definition) is 0. The van der Waals surface area contributed by atoms with E-state index in [1.807, 2.05) is 23.1 Å². The zero-order valence-corrected chi connectivity index (χ0v) is 14.2. The second-order valence-electron chi connectivity index (χ2n) is 6.31. The van der Waals surface area contributed by atoms with Gasteiger partial charge < -0.3 is 4.90 Å². The first-order chi connectivity index (χ1) is 11.6. The van der Waals surface area contributed by atoms with Crippen LogP contribution < -0.4 is 5.56 Å². The SMILES string of the molecule is CC[C@@H](c1ccccc1)[C@@H]1CCCN1C(=O)c1ccc(=O)n(C)n1. The number of carbonyl (C=O) groups is 1. The average Bonchev–Trinajstić information content (AvgIpc) is 3.08. The van der Waals surface area contributed by atoms with Crippen molar-refractivity contribution in [3.05, 3.63) is 64.1 Å². The van der Waals surface area contributed by atoms with Gasteiger partial charge in [0.2, 0.25) is 0 Å². The first-order valence-corrected chi connectivity index (χ1v) is 8.52. The van der Waals surface area contributed by atoms with Gasteiger partial charge in [-0.3, -0.25) is 9.59 Å². The quantitative estimate of drug-likeness (QED) is 0.868. The van der Waals surface area contributed by atoms with Crippen LogP contribution in [0.25, 0.3) is 0 Å². The lowest BCUT2D eigenvalue weighted by Gasteiger charge is -2.31. The highest BCUT2D eigenvalue weighted by molar-refractivity contribution is 5.92. The van der Waals surface area contributed by atoms with E-state index < -0.39 is 0 Å². The minimum absolute atomic E-state index is 0.0810. The summed E-state index contributed by atoms with van der Waals surface area (Å²) in [6.07, 6.45) is 3.00. The third-order valence-electron chi connectivity index (χ3n) is 4.87. The van der Waals surface area contributed by atoms with Crippen LogP contribution in [0, 0.1) is 0 Å². The minimum Gasteiger partial charge on any atom is -0.334 e. The highest BCUT2D eigenvalue weighted by atomic mass is 16.2. The second kappa shape index (κ2) is 6.99. The van der Waals surface area contributed by atoms with Crippen LogP contribution >= 0.6 is 0 Å². The van der Waals surface area contributed by atoms with Gasteiger partial charge in [0, 0.05) is 31.6 Å². The molecule has 2 atom stereocenters. The van der Waals surface area contributed by atoms with E-state index in [4.69, 9.17) is 0 Å². The highest BCUT2D eigenvalue weighted by Gasteiger charge is 2.35. The third-order valence-corrected chi connectivity index (χ3v) is 4.87. The van der Waals surface area contributed by atoms with Crippen molar-refractivity contribution < 1.29 is 4.79 Å². The molecule has 1 saturated heterocycles. The molecule has 1 aromatic carbocycles. The van der Waals surface area contributed by atoms with Crippen molar-refractivity contribution in [2.45, 2.75) is 38.1 Å². The molecule has 1 fully saturated rings. The van der Waals surface area contributed by atoms with Crippen molar-refractivity contribution in [3.63, 3.8) is 0 Å². The fourth-order valence-electron chi connectivity index (χ4n) is 3.66. The monoisotopic (exact) mass is 325 g/mol. The van der Waals surface area contributed by atoms with Gasteiger partial charge >= 0.3 is 0 Å². The van der Waals surface area contributed by atoms with E-state index in [1.54, 1.807) is 7.05 Å². The van der Waals surface area contributed by atoms with Gasteiger partial charge in [0.25, 0.3) is 11.5 Å². The van der Waals surface area contributed by atoms with Crippen LogP contribution in [0.4, 0.5) is 0 Å². The Morgan fingerprint density at radius 3 is 2.67 bits per heavy atom. The van der Waals surface area contributed by atoms with E-state index in [2.05, 4.69) is 24.2 Å². The molecule has 2 heterocycles. The summed E-state index contributed by atoms with van der Waals surface area (Å²) >= 11 is 0. The van der Waals surface area contributed by atoms with Crippen LogP contribution in [0.15, 0.2) is 47.3 Å². The number of aryl methyl sites for hydroxylation is 1. The number of hydrogen-bond acceptors (Lipinski definition) is 3. The lowest BCUT2D eigenvalue weighted by atomic mass is 9.87. The Morgan fingerprint density at radius 2 is 2.00 bits per heavy atom. The molecule has 0 radical (unpaired) electrons. The first kappa shape index (κ1) is 16.4. The van der Waals surface area contributed by atoms with E-state index in [0.29, 0.717) is 11.6 Å². The fraction of sp³-hybridized carbons (Fsp3) is 0.421. The summed E-state index contributed by atoms with van der Waals surface area (Å²) < 4.78 is 1.22. The summed E-state index contributed by atoms with van der Waals surface area (Å²) in [6.45, 7) is 2.92. The summed E-state index contributed by atoms with van der Waals surface area (Å²) in [7, 11) is 1.57. The van der Waals surface area contributed by atoms with Crippen LogP contribution in [0.3, 0.4) is 0 Å². The second-order valence-corrected chi connectivity index (χ2v) is 6.31. The minimum atomic E-state index is -0.208. The summed E-state index contributed by atoms with van der Waals surface area (Å²) in [4.78, 5) is 26.4. The Labute approximate surface area is 141 Å². The Hall–Kier alpha value is -2.43. The number of amides is 1. The van der Waals surface area contributed by atoms with Crippen molar-refractivity contribution in [2.75, 3.05) is 6.54 Å². The Bertz CT molecular complexity index is 770. The predicted molar refractivity (Wildman–Crippen MR) is 93.0 cm³/mol. The van der Waals surface area contributed by atoms with Crippen LogP contribution in [0.5, 0.6) is 0 Å². The predicted octanol–water partition coefficient (Wildman–Crippen LogP) is 2.58. The maximum atomic E-state index is 12.9. The van der Waals surface area contributed by atoms with Crippen LogP contribution in [-0.2, 0) is 7.05 Å². The molecule has 1 aliphatic heterocycles. The zero-order valence-electron chi connectivity index (χ0n) is 14.2. The number of aromatic nitrogens is 2. The van der Waals surface area contributed by atoms with Crippen molar-refractivity contribution in [1.29, 1.82) is 0 Å². The molecule has 3 rings (SSSR count). The van der Waals surface area contributed by atoms with Crippen LogP contribution in [-0.4, -0.2) is 33.2 Å². The van der Waals surface area contributed by atoms with E-state index in [0.717, 1.165) is 25.8 Å². The topological polar surface area (TPSA) is 55.2 Å². The summed E-state index contributed by atoms with van der Waals surface area (Å²) in [5.41, 5.74) is 1.41. The molecular weight excluding hydrogens is 302 g/mol. The van der Waals surface area contributed by atoms with Gasteiger partial charge in [0.15, 0.2) is 0 Å². The molecule has 5 heteroatoms. The Kier molecular flexibility index (Phi) is 4.79. The van der Waals surface area contributed by atoms with Gasteiger partial charge in [-0.2, -0.15) is 5.10 Å². The zero-order chi connectivity index (χ0) is 17.1. The maximum absolute atomic E-state index is 12.9. The van der Waals surface area contributed by atoms with Crippen molar-refractivity contribution in [2.24, 2.45) is 7.05 Å². The van der Waals surface area contributed by atoms with Crippen molar-refractivity contribution >= 4 is 5.91 Å². The lowest BCUT2D eigenvalue weighted by Crippen LogP contribution is -2.40. The van der Waals surface area contributed by atoms with E-state index in [-0.39, 0.29) is 17.5 Å². The molecule has 1 aliphatic rings.